The number of allylic oxidation sites excluding steroid dienone is 1. The van der Waals surface area contributed by atoms with E-state index in [1.165, 1.54) is 0 Å². The van der Waals surface area contributed by atoms with Gasteiger partial charge in [0.1, 0.15) is 0 Å². The standard InChI is InChI=1S/C30H33ClN2O6/c1-3-37-29(36)27-20(2)33(26(34)18-25(27)22-7-5-9-24(31)17-22)19-21-6-4-8-23(16-21)28(35)32-12-10-30(11-13-32)38-14-15-39-30/h4-9,16-17,25H,3,10-15,18-19H2,1-2H3. The Hall–Kier alpha value is -3.20. The Balaban J connectivity index is 1.36. The Morgan fingerprint density at radius 3 is 2.49 bits per heavy atom. The van der Waals surface area contributed by atoms with Crippen LogP contribution in [0.5, 0.6) is 0 Å². The quantitative estimate of drug-likeness (QED) is 0.484. The summed E-state index contributed by atoms with van der Waals surface area (Å²) in [6.45, 7) is 6.30. The Bertz CT molecular complexity index is 1290. The van der Waals surface area contributed by atoms with Gasteiger partial charge in [-0.15, -0.1) is 0 Å². The fourth-order valence-electron chi connectivity index (χ4n) is 5.69. The number of benzene rings is 2. The predicted molar refractivity (Wildman–Crippen MR) is 145 cm³/mol. The molecule has 2 saturated heterocycles. The second-order valence-corrected chi connectivity index (χ2v) is 10.5. The summed E-state index contributed by atoms with van der Waals surface area (Å²) in [6, 6.07) is 14.5. The van der Waals surface area contributed by atoms with Crippen LogP contribution in [-0.4, -0.2) is 66.3 Å². The van der Waals surface area contributed by atoms with Crippen LogP contribution in [-0.2, 0) is 30.3 Å². The van der Waals surface area contributed by atoms with Crippen LogP contribution in [0.1, 0.15) is 60.5 Å². The highest BCUT2D eigenvalue weighted by molar-refractivity contribution is 6.30. The number of likely N-dealkylation sites (tertiary alicyclic amines) is 1. The molecule has 5 rings (SSSR count). The third kappa shape index (κ3) is 5.73. The number of hydrogen-bond acceptors (Lipinski definition) is 6. The summed E-state index contributed by atoms with van der Waals surface area (Å²) < 4.78 is 16.9. The van der Waals surface area contributed by atoms with Crippen molar-refractivity contribution in [1.82, 2.24) is 9.80 Å². The number of amides is 2. The number of esters is 1. The van der Waals surface area contributed by atoms with E-state index >= 15 is 0 Å². The molecule has 3 aliphatic rings. The minimum atomic E-state index is -0.545. The molecule has 1 unspecified atom stereocenters. The van der Waals surface area contributed by atoms with E-state index < -0.39 is 17.7 Å². The highest BCUT2D eigenvalue weighted by Gasteiger charge is 2.41. The number of nitrogens with zero attached hydrogens (tertiary/aromatic N) is 2. The molecule has 0 bridgehead atoms. The molecule has 2 amide bonds. The van der Waals surface area contributed by atoms with Crippen LogP contribution < -0.4 is 0 Å². The van der Waals surface area contributed by atoms with E-state index in [1.807, 2.05) is 35.2 Å². The van der Waals surface area contributed by atoms with E-state index in [9.17, 15) is 14.4 Å². The number of piperidine rings is 1. The van der Waals surface area contributed by atoms with Crippen molar-refractivity contribution in [1.29, 1.82) is 0 Å². The lowest BCUT2D eigenvalue weighted by Gasteiger charge is -2.37. The summed E-state index contributed by atoms with van der Waals surface area (Å²) in [6.07, 6.45) is 1.41. The van der Waals surface area contributed by atoms with Crippen molar-refractivity contribution in [2.24, 2.45) is 0 Å². The molecule has 8 nitrogen and oxygen atoms in total. The number of carbonyl (C=O) groups is 3. The number of rotatable bonds is 6. The SMILES string of the molecule is CCOC(=O)C1=C(C)N(Cc2cccc(C(=O)N3CCC4(CC3)OCCO4)c2)C(=O)CC1c1cccc(Cl)c1. The van der Waals surface area contributed by atoms with E-state index in [0.717, 1.165) is 11.1 Å². The van der Waals surface area contributed by atoms with Gasteiger partial charge in [-0.3, -0.25) is 9.59 Å². The van der Waals surface area contributed by atoms with E-state index in [0.29, 0.717) is 61.0 Å². The molecule has 1 atom stereocenters. The first-order valence-electron chi connectivity index (χ1n) is 13.4. The Labute approximate surface area is 233 Å². The third-order valence-electron chi connectivity index (χ3n) is 7.71. The number of hydrogen-bond donors (Lipinski definition) is 0. The van der Waals surface area contributed by atoms with Crippen molar-refractivity contribution in [2.75, 3.05) is 32.9 Å². The van der Waals surface area contributed by atoms with Gasteiger partial charge in [0.15, 0.2) is 5.79 Å². The van der Waals surface area contributed by atoms with Gasteiger partial charge < -0.3 is 24.0 Å². The molecule has 0 radical (unpaired) electrons. The zero-order valence-electron chi connectivity index (χ0n) is 22.3. The van der Waals surface area contributed by atoms with Crippen molar-refractivity contribution < 1.29 is 28.6 Å². The topological polar surface area (TPSA) is 85.4 Å². The van der Waals surface area contributed by atoms with Gasteiger partial charge in [0.2, 0.25) is 5.91 Å². The average Bonchev–Trinajstić information content (AvgIpc) is 3.38. The summed E-state index contributed by atoms with van der Waals surface area (Å²) in [5, 5.41) is 0.539. The summed E-state index contributed by atoms with van der Waals surface area (Å²) >= 11 is 6.22. The van der Waals surface area contributed by atoms with Gasteiger partial charge in [0, 0.05) is 54.6 Å². The maximum Gasteiger partial charge on any atom is 0.336 e. The van der Waals surface area contributed by atoms with Crippen molar-refractivity contribution in [3.63, 3.8) is 0 Å². The van der Waals surface area contributed by atoms with Crippen molar-refractivity contribution >= 4 is 29.4 Å². The summed E-state index contributed by atoms with van der Waals surface area (Å²) in [5.74, 6) is -1.61. The number of ether oxygens (including phenoxy) is 3. The molecule has 1 spiro atoms. The van der Waals surface area contributed by atoms with Gasteiger partial charge in [-0.1, -0.05) is 35.9 Å². The highest BCUT2D eigenvalue weighted by Crippen LogP contribution is 2.38. The third-order valence-corrected chi connectivity index (χ3v) is 7.95. The molecule has 3 heterocycles. The minimum absolute atomic E-state index is 0.0600. The lowest BCUT2D eigenvalue weighted by molar-refractivity contribution is -0.181. The molecule has 0 N–H and O–H groups in total. The zero-order chi connectivity index (χ0) is 27.6. The largest absolute Gasteiger partial charge is 0.463 e. The lowest BCUT2D eigenvalue weighted by Crippen LogP contribution is -2.47. The predicted octanol–water partition coefficient (Wildman–Crippen LogP) is 4.67. The van der Waals surface area contributed by atoms with Crippen LogP contribution in [0.2, 0.25) is 5.02 Å². The molecule has 39 heavy (non-hydrogen) atoms. The van der Waals surface area contributed by atoms with Gasteiger partial charge in [0.05, 0.1) is 31.9 Å². The molecule has 206 valence electrons. The maximum absolute atomic E-state index is 13.4. The normalized spacial score (nSPS) is 21.0. The molecule has 9 heteroatoms. The molecule has 2 aromatic rings. The van der Waals surface area contributed by atoms with Crippen molar-refractivity contribution in [3.8, 4) is 0 Å². The van der Waals surface area contributed by atoms with Crippen LogP contribution in [0.4, 0.5) is 0 Å². The fraction of sp³-hybridized carbons (Fsp3) is 0.433. The molecular formula is C30H33ClN2O6. The van der Waals surface area contributed by atoms with Crippen LogP contribution in [0.3, 0.4) is 0 Å². The average molecular weight is 553 g/mol. The molecule has 0 aromatic heterocycles. The highest BCUT2D eigenvalue weighted by atomic mass is 35.5. The number of carbonyl (C=O) groups excluding carboxylic acids is 3. The van der Waals surface area contributed by atoms with E-state index in [4.69, 9.17) is 25.8 Å². The van der Waals surface area contributed by atoms with E-state index in [1.54, 1.807) is 36.9 Å². The van der Waals surface area contributed by atoms with Gasteiger partial charge in [-0.25, -0.2) is 4.79 Å². The molecular weight excluding hydrogens is 520 g/mol. The van der Waals surface area contributed by atoms with Crippen LogP contribution in [0, 0.1) is 0 Å². The first-order valence-corrected chi connectivity index (χ1v) is 13.8. The lowest BCUT2D eigenvalue weighted by atomic mass is 9.83. The van der Waals surface area contributed by atoms with E-state index in [2.05, 4.69) is 0 Å². The Morgan fingerprint density at radius 1 is 1.08 bits per heavy atom. The first-order chi connectivity index (χ1) is 18.8. The smallest absolute Gasteiger partial charge is 0.336 e. The maximum atomic E-state index is 13.4. The van der Waals surface area contributed by atoms with E-state index in [-0.39, 0.29) is 31.4 Å². The van der Waals surface area contributed by atoms with Gasteiger partial charge in [0.25, 0.3) is 5.91 Å². The van der Waals surface area contributed by atoms with Crippen molar-refractivity contribution in [2.45, 2.75) is 51.4 Å². The molecule has 0 aliphatic carbocycles. The summed E-state index contributed by atoms with van der Waals surface area (Å²) in [4.78, 5) is 43.2. The summed E-state index contributed by atoms with van der Waals surface area (Å²) in [7, 11) is 0. The van der Waals surface area contributed by atoms with Crippen molar-refractivity contribution in [3.05, 3.63) is 81.5 Å². The fourth-order valence-corrected chi connectivity index (χ4v) is 5.89. The minimum Gasteiger partial charge on any atom is -0.463 e. The van der Waals surface area contributed by atoms with Gasteiger partial charge in [-0.05, 0) is 49.2 Å². The number of halogens is 1. The van der Waals surface area contributed by atoms with Crippen LogP contribution >= 0.6 is 11.6 Å². The van der Waals surface area contributed by atoms with Gasteiger partial charge in [-0.2, -0.15) is 0 Å². The molecule has 0 saturated carbocycles. The Kier molecular flexibility index (Phi) is 8.07. The monoisotopic (exact) mass is 552 g/mol. The van der Waals surface area contributed by atoms with Gasteiger partial charge >= 0.3 is 5.97 Å². The first kappa shape index (κ1) is 27.4. The second-order valence-electron chi connectivity index (χ2n) is 10.1. The molecule has 3 aliphatic heterocycles. The van der Waals surface area contributed by atoms with Crippen LogP contribution in [0.15, 0.2) is 59.8 Å². The zero-order valence-corrected chi connectivity index (χ0v) is 23.0. The second kappa shape index (κ2) is 11.5. The molecule has 2 fully saturated rings. The van der Waals surface area contributed by atoms with Crippen LogP contribution in [0.25, 0.3) is 0 Å². The summed E-state index contributed by atoms with van der Waals surface area (Å²) in [5.41, 5.74) is 3.15. The molecule has 2 aromatic carbocycles. The Morgan fingerprint density at radius 2 is 1.79 bits per heavy atom.